The third-order valence-electron chi connectivity index (χ3n) is 0.764. The first-order chi connectivity index (χ1) is 4.68. The van der Waals surface area contributed by atoms with E-state index in [0.717, 1.165) is 0 Å². The molecule has 62 valence electrons. The summed E-state index contributed by atoms with van der Waals surface area (Å²) in [5, 5.41) is 8.19. The molecular weight excluding hydrogens is 136 g/mol. The number of hydrogen-bond acceptors (Lipinski definition) is 4. The number of carbonyl (C=O) groups is 1. The van der Waals surface area contributed by atoms with E-state index < -0.39 is 12.1 Å². The zero-order valence-corrected chi connectivity index (χ0v) is 6.20. The van der Waals surface area contributed by atoms with E-state index in [1.807, 2.05) is 0 Å². The third-order valence-corrected chi connectivity index (χ3v) is 0.764. The molecule has 5 nitrogen and oxygen atoms in total. The second-order valence-electron chi connectivity index (χ2n) is 1.44. The molecule has 0 fully saturated rings. The fraction of sp³-hybridized carbons (Fsp3) is 0.800. The highest BCUT2D eigenvalue weighted by Crippen LogP contribution is 1.87. The second-order valence-corrected chi connectivity index (χ2v) is 1.44. The van der Waals surface area contributed by atoms with Crippen molar-refractivity contribution >= 4 is 5.97 Å². The Morgan fingerprint density at radius 1 is 1.70 bits per heavy atom. The lowest BCUT2D eigenvalue weighted by Gasteiger charge is -2.03. The zero-order valence-electron chi connectivity index (χ0n) is 6.20. The minimum atomic E-state index is -0.910. The molecule has 0 saturated heterocycles. The van der Waals surface area contributed by atoms with E-state index >= 15 is 0 Å². The lowest BCUT2D eigenvalue weighted by Crippen LogP contribution is -2.19. The Morgan fingerprint density at radius 2 is 2.10 bits per heavy atom. The van der Waals surface area contributed by atoms with Gasteiger partial charge in [-0.15, -0.1) is 0 Å². The van der Waals surface area contributed by atoms with Crippen molar-refractivity contribution in [1.29, 1.82) is 0 Å². The maximum Gasteiger partial charge on any atom is 0.332 e. The standard InChI is InChI=1S/C5H10O3.H4N2/c1-3-8-4(2)5(6)7;1-2/h4H,3H2,1-2H3,(H,6,7);1-2H2. The molecule has 0 spiro atoms. The fourth-order valence-electron chi connectivity index (χ4n) is 0.321. The molecule has 0 radical (unpaired) electrons. The SMILES string of the molecule is CCOC(C)C(=O)O.NN. The molecule has 0 aliphatic rings. The first-order valence-electron chi connectivity index (χ1n) is 2.86. The van der Waals surface area contributed by atoms with E-state index in [4.69, 9.17) is 9.84 Å². The predicted octanol–water partition coefficient (Wildman–Crippen LogP) is -0.685. The summed E-state index contributed by atoms with van der Waals surface area (Å²) in [6.07, 6.45) is -0.667. The number of hydrazine groups is 1. The Kier molecular flexibility index (Phi) is 10.1. The Labute approximate surface area is 59.9 Å². The van der Waals surface area contributed by atoms with Crippen molar-refractivity contribution in [3.05, 3.63) is 0 Å². The summed E-state index contributed by atoms with van der Waals surface area (Å²) in [5.74, 6) is 7.09. The summed E-state index contributed by atoms with van der Waals surface area (Å²) in [6.45, 7) is 3.72. The molecule has 1 atom stereocenters. The molecule has 5 N–H and O–H groups in total. The average Bonchev–Trinajstić information content (AvgIpc) is 1.93. The van der Waals surface area contributed by atoms with Crippen LogP contribution in [-0.2, 0) is 9.53 Å². The van der Waals surface area contributed by atoms with E-state index in [1.165, 1.54) is 6.92 Å². The lowest BCUT2D eigenvalue weighted by molar-refractivity contribution is -0.148. The first-order valence-corrected chi connectivity index (χ1v) is 2.86. The van der Waals surface area contributed by atoms with Gasteiger partial charge in [-0.1, -0.05) is 0 Å². The van der Waals surface area contributed by atoms with E-state index in [0.29, 0.717) is 6.61 Å². The third kappa shape index (κ3) is 7.35. The van der Waals surface area contributed by atoms with Gasteiger partial charge >= 0.3 is 5.97 Å². The van der Waals surface area contributed by atoms with Gasteiger partial charge in [0.05, 0.1) is 0 Å². The summed E-state index contributed by atoms with van der Waals surface area (Å²) < 4.78 is 4.70. The molecule has 0 heterocycles. The molecule has 0 bridgehead atoms. The van der Waals surface area contributed by atoms with Crippen LogP contribution in [0, 0.1) is 0 Å². The van der Waals surface area contributed by atoms with Crippen molar-refractivity contribution in [1.82, 2.24) is 0 Å². The molecule has 0 saturated carbocycles. The molecule has 0 aliphatic carbocycles. The van der Waals surface area contributed by atoms with E-state index in [-0.39, 0.29) is 0 Å². The van der Waals surface area contributed by atoms with Gasteiger partial charge in [-0.05, 0) is 13.8 Å². The monoisotopic (exact) mass is 150 g/mol. The van der Waals surface area contributed by atoms with Crippen LogP contribution < -0.4 is 11.7 Å². The molecule has 10 heavy (non-hydrogen) atoms. The van der Waals surface area contributed by atoms with Gasteiger partial charge in [0.2, 0.25) is 0 Å². The highest BCUT2D eigenvalue weighted by atomic mass is 16.5. The quantitative estimate of drug-likeness (QED) is 0.365. The molecule has 0 aromatic carbocycles. The summed E-state index contributed by atoms with van der Waals surface area (Å²) in [6, 6.07) is 0. The average molecular weight is 150 g/mol. The highest BCUT2D eigenvalue weighted by molar-refractivity contribution is 5.71. The van der Waals surface area contributed by atoms with Crippen LogP contribution in [0.5, 0.6) is 0 Å². The highest BCUT2D eigenvalue weighted by Gasteiger charge is 2.07. The molecule has 0 aromatic rings. The number of carboxylic acids is 1. The molecule has 1 unspecified atom stereocenters. The molecule has 0 rings (SSSR count). The Balaban J connectivity index is 0. The van der Waals surface area contributed by atoms with Crippen molar-refractivity contribution in [2.24, 2.45) is 11.7 Å². The lowest BCUT2D eigenvalue weighted by atomic mass is 10.4. The number of rotatable bonds is 3. The second kappa shape index (κ2) is 8.35. The minimum absolute atomic E-state index is 0.452. The van der Waals surface area contributed by atoms with Crippen LogP contribution in [0.1, 0.15) is 13.8 Å². The summed E-state index contributed by atoms with van der Waals surface area (Å²) in [5.41, 5.74) is 0. The summed E-state index contributed by atoms with van der Waals surface area (Å²) in [4.78, 5) is 9.96. The van der Waals surface area contributed by atoms with E-state index in [1.54, 1.807) is 6.92 Å². The zero-order chi connectivity index (χ0) is 8.57. The van der Waals surface area contributed by atoms with Gasteiger partial charge in [0.15, 0.2) is 6.10 Å². The van der Waals surface area contributed by atoms with Crippen LogP contribution in [0.25, 0.3) is 0 Å². The van der Waals surface area contributed by atoms with Crippen LogP contribution in [-0.4, -0.2) is 23.8 Å². The summed E-state index contributed by atoms with van der Waals surface area (Å²) >= 11 is 0. The molecule has 0 aromatic heterocycles. The number of hydrogen-bond donors (Lipinski definition) is 3. The van der Waals surface area contributed by atoms with Crippen molar-refractivity contribution in [3.63, 3.8) is 0 Å². The normalized spacial score (nSPS) is 11.2. The van der Waals surface area contributed by atoms with Crippen molar-refractivity contribution < 1.29 is 14.6 Å². The number of carboxylic acid groups (broad SMARTS) is 1. The van der Waals surface area contributed by atoms with Crippen LogP contribution in [0.2, 0.25) is 0 Å². The van der Waals surface area contributed by atoms with Crippen molar-refractivity contribution in [2.45, 2.75) is 20.0 Å². The maximum absolute atomic E-state index is 9.96. The minimum Gasteiger partial charge on any atom is -0.479 e. The van der Waals surface area contributed by atoms with Gasteiger partial charge in [0.1, 0.15) is 0 Å². The van der Waals surface area contributed by atoms with Crippen molar-refractivity contribution in [2.75, 3.05) is 6.61 Å². The number of nitrogens with two attached hydrogens (primary N) is 2. The van der Waals surface area contributed by atoms with Gasteiger partial charge in [0.25, 0.3) is 0 Å². The number of aliphatic carboxylic acids is 1. The van der Waals surface area contributed by atoms with Crippen LogP contribution in [0.3, 0.4) is 0 Å². The smallest absolute Gasteiger partial charge is 0.332 e. The van der Waals surface area contributed by atoms with Gasteiger partial charge in [-0.2, -0.15) is 0 Å². The first kappa shape index (κ1) is 12.1. The molecule has 0 amide bonds. The van der Waals surface area contributed by atoms with E-state index in [9.17, 15) is 4.79 Å². The molecule has 0 aliphatic heterocycles. The van der Waals surface area contributed by atoms with Crippen LogP contribution in [0.15, 0.2) is 0 Å². The Morgan fingerprint density at radius 3 is 2.20 bits per heavy atom. The number of ether oxygens (including phenoxy) is 1. The van der Waals surface area contributed by atoms with Crippen LogP contribution in [0.4, 0.5) is 0 Å². The molecule has 5 heteroatoms. The van der Waals surface area contributed by atoms with E-state index in [2.05, 4.69) is 11.7 Å². The van der Waals surface area contributed by atoms with Crippen molar-refractivity contribution in [3.8, 4) is 0 Å². The van der Waals surface area contributed by atoms with Crippen LogP contribution >= 0.6 is 0 Å². The van der Waals surface area contributed by atoms with Gasteiger partial charge < -0.3 is 9.84 Å². The summed E-state index contributed by atoms with van der Waals surface area (Å²) in [7, 11) is 0. The molecular formula is C5H14N2O3. The van der Waals surface area contributed by atoms with Gasteiger partial charge in [-0.25, -0.2) is 4.79 Å². The Hall–Kier alpha value is -0.650. The van der Waals surface area contributed by atoms with Gasteiger partial charge in [0, 0.05) is 6.61 Å². The fourth-order valence-corrected chi connectivity index (χ4v) is 0.321. The largest absolute Gasteiger partial charge is 0.479 e. The topological polar surface area (TPSA) is 98.6 Å². The predicted molar refractivity (Wildman–Crippen MR) is 37.1 cm³/mol. The van der Waals surface area contributed by atoms with Gasteiger partial charge in [-0.3, -0.25) is 11.7 Å². The maximum atomic E-state index is 9.96. The Bertz CT molecular complexity index is 87.0.